The summed E-state index contributed by atoms with van der Waals surface area (Å²) in [5, 5.41) is 11.1. The van der Waals surface area contributed by atoms with Gasteiger partial charge in [-0.1, -0.05) is 40.4 Å². The van der Waals surface area contributed by atoms with Gasteiger partial charge >= 0.3 is 5.97 Å². The van der Waals surface area contributed by atoms with Crippen molar-refractivity contribution in [2.75, 3.05) is 12.8 Å². The van der Waals surface area contributed by atoms with Crippen molar-refractivity contribution in [3.8, 4) is 16.9 Å². The monoisotopic (exact) mass is 467 g/mol. The smallest absolute Gasteiger partial charge is 0.343 e. The highest BCUT2D eigenvalue weighted by molar-refractivity contribution is 6.87. The molecule has 6 nitrogen and oxygen atoms in total. The number of rotatable bonds is 6. The fourth-order valence-corrected chi connectivity index (χ4v) is 5.03. The highest BCUT2D eigenvalue weighted by Gasteiger charge is 2.39. The minimum atomic E-state index is -2.19. The molecule has 0 radical (unpaired) electrons. The lowest BCUT2D eigenvalue weighted by molar-refractivity contribution is 0.0599. The molecular weight excluding hydrogens is 433 g/mol. The molecule has 31 heavy (non-hydrogen) atoms. The zero-order chi connectivity index (χ0) is 23.9. The molecule has 0 aliphatic heterocycles. The number of ether oxygens (including phenoxy) is 1. The summed E-state index contributed by atoms with van der Waals surface area (Å²) >= 11 is 0. The van der Waals surface area contributed by atoms with Crippen molar-refractivity contribution < 1.29 is 27.9 Å². The Balaban J connectivity index is 2.70. The molecule has 0 saturated heterocycles. The Hall–Kier alpha value is -2.11. The molecule has 0 bridgehead atoms. The van der Waals surface area contributed by atoms with Gasteiger partial charge in [-0.05, 0) is 30.3 Å². The second-order valence-electron chi connectivity index (χ2n) is 10.3. The number of benzene rings is 1. The third-order valence-electron chi connectivity index (χ3n) is 5.84. The number of nitrogen functional groups attached to an aromatic ring is 1. The number of halogens is 1. The van der Waals surface area contributed by atoms with E-state index < -0.39 is 33.9 Å². The number of aromatic hydroxyl groups is 1. The van der Waals surface area contributed by atoms with Crippen molar-refractivity contribution in [2.45, 2.75) is 65.2 Å². The predicted molar refractivity (Wildman–Crippen MR) is 126 cm³/mol. The Morgan fingerprint density at radius 2 is 1.77 bits per heavy atom. The van der Waals surface area contributed by atoms with Crippen LogP contribution < -0.4 is 11.1 Å². The average molecular weight is 468 g/mol. The molecule has 2 aromatic rings. The number of nitrogens with two attached hydrogens (primary N) is 1. The van der Waals surface area contributed by atoms with Crippen LogP contribution in [0.4, 0.5) is 10.1 Å². The first-order valence-electron chi connectivity index (χ1n) is 10.2. The molecule has 0 fully saturated rings. The van der Waals surface area contributed by atoms with Crippen molar-refractivity contribution in [2.24, 2.45) is 0 Å². The van der Waals surface area contributed by atoms with Gasteiger partial charge in [0.25, 0.3) is 0 Å². The Morgan fingerprint density at radius 1 is 1.19 bits per heavy atom. The summed E-state index contributed by atoms with van der Waals surface area (Å²) < 4.78 is 32.7. The lowest BCUT2D eigenvalue weighted by atomic mass is 10.00. The van der Waals surface area contributed by atoms with Gasteiger partial charge in [0.15, 0.2) is 14.1 Å². The number of carbonyl (C=O) groups excluding carboxylic acids is 1. The van der Waals surface area contributed by atoms with Gasteiger partial charge in [0, 0.05) is 11.3 Å². The number of carbonyl (C=O) groups is 1. The second kappa shape index (κ2) is 8.44. The van der Waals surface area contributed by atoms with Crippen LogP contribution in [0.15, 0.2) is 16.5 Å². The summed E-state index contributed by atoms with van der Waals surface area (Å²) in [6, 6.07) is 2.93. The van der Waals surface area contributed by atoms with E-state index in [1.165, 1.54) is 19.2 Å². The van der Waals surface area contributed by atoms with E-state index in [-0.39, 0.29) is 45.2 Å². The largest absolute Gasteiger partial charge is 0.506 e. The van der Waals surface area contributed by atoms with Gasteiger partial charge in [-0.15, -0.1) is 0 Å². The second-order valence-corrected chi connectivity index (χ2v) is 20.0. The van der Waals surface area contributed by atoms with Crippen molar-refractivity contribution in [1.82, 2.24) is 0 Å². The van der Waals surface area contributed by atoms with Gasteiger partial charge in [0.1, 0.15) is 30.5 Å². The van der Waals surface area contributed by atoms with E-state index in [4.69, 9.17) is 19.3 Å². The zero-order valence-electron chi connectivity index (χ0n) is 19.9. The van der Waals surface area contributed by atoms with Crippen LogP contribution in [0.3, 0.4) is 0 Å². The summed E-state index contributed by atoms with van der Waals surface area (Å²) in [5.74, 6) is -1.49. The lowest BCUT2D eigenvalue weighted by Crippen LogP contribution is -2.40. The van der Waals surface area contributed by atoms with Crippen molar-refractivity contribution in [3.63, 3.8) is 0 Å². The maximum Gasteiger partial charge on any atom is 0.343 e. The maximum atomic E-state index is 15.7. The molecule has 0 amide bonds. The Bertz CT molecular complexity index is 987. The highest BCUT2D eigenvalue weighted by Crippen LogP contribution is 2.41. The Kier molecular flexibility index (Phi) is 6.85. The van der Waals surface area contributed by atoms with Crippen LogP contribution in [0, 0.1) is 5.82 Å². The van der Waals surface area contributed by atoms with Gasteiger partial charge in [0.2, 0.25) is 0 Å². The molecule has 172 valence electrons. The Morgan fingerprint density at radius 3 is 2.26 bits per heavy atom. The van der Waals surface area contributed by atoms with E-state index >= 15 is 4.39 Å². The highest BCUT2D eigenvalue weighted by atomic mass is 28.4. The standard InChI is InChI=1S/C22H34FNO5Si2/c1-22(2,3)31(8,9)28-12-15-16(18(23)21(29-15)30(5,6)7)13-10-11-14(24)17(19(13)25)20(26)27-4/h10-11,25H,12,24H2,1-9H3. The zero-order valence-corrected chi connectivity index (χ0v) is 21.9. The molecule has 2 rings (SSSR count). The molecule has 9 heteroatoms. The van der Waals surface area contributed by atoms with Gasteiger partial charge in [0.05, 0.1) is 19.3 Å². The summed E-state index contributed by atoms with van der Waals surface area (Å²) in [6.07, 6.45) is 0. The van der Waals surface area contributed by atoms with Crippen molar-refractivity contribution in [3.05, 3.63) is 29.3 Å². The summed E-state index contributed by atoms with van der Waals surface area (Å²) in [7, 11) is -3.15. The van der Waals surface area contributed by atoms with Gasteiger partial charge in [-0.3, -0.25) is 0 Å². The molecule has 3 N–H and O–H groups in total. The van der Waals surface area contributed by atoms with Crippen molar-refractivity contribution >= 4 is 33.4 Å². The fraction of sp³-hybridized carbons (Fsp3) is 0.500. The van der Waals surface area contributed by atoms with Crippen LogP contribution in [0.2, 0.25) is 37.8 Å². The van der Waals surface area contributed by atoms with E-state index in [2.05, 4.69) is 33.9 Å². The number of anilines is 1. The number of methoxy groups -OCH3 is 1. The van der Waals surface area contributed by atoms with Crippen molar-refractivity contribution in [1.29, 1.82) is 0 Å². The normalized spacial score (nSPS) is 12.8. The first-order valence-corrected chi connectivity index (χ1v) is 16.6. The quantitative estimate of drug-likeness (QED) is 0.343. The third-order valence-corrected chi connectivity index (χ3v) is 12.0. The number of phenolic OH excluding ortho intramolecular Hbond substituents is 1. The number of furan rings is 1. The van der Waals surface area contributed by atoms with E-state index in [1.807, 2.05) is 19.6 Å². The van der Waals surface area contributed by atoms with E-state index in [0.29, 0.717) is 0 Å². The van der Waals surface area contributed by atoms with Gasteiger partial charge in [-0.25, -0.2) is 9.18 Å². The molecule has 1 aromatic carbocycles. The van der Waals surface area contributed by atoms with Crippen LogP contribution in [-0.4, -0.2) is 34.6 Å². The van der Waals surface area contributed by atoms with Crippen LogP contribution in [0.25, 0.3) is 11.1 Å². The fourth-order valence-electron chi connectivity index (χ4n) is 2.89. The minimum absolute atomic E-state index is 0.0404. The van der Waals surface area contributed by atoms with E-state index in [1.54, 1.807) is 0 Å². The SMILES string of the molecule is COC(=O)c1c(N)ccc(-c2c(CO[Si](C)(C)C(C)(C)C)oc([Si](C)(C)C)c2F)c1O. The molecular formula is C22H34FNO5Si2. The minimum Gasteiger partial charge on any atom is -0.506 e. The predicted octanol–water partition coefficient (Wildman–Crippen LogP) is 5.23. The first kappa shape index (κ1) is 25.2. The molecule has 0 aliphatic carbocycles. The van der Waals surface area contributed by atoms with Crippen LogP contribution >= 0.6 is 0 Å². The number of phenols is 1. The average Bonchev–Trinajstić information content (AvgIpc) is 2.96. The topological polar surface area (TPSA) is 94.9 Å². The molecule has 0 spiro atoms. The molecule has 0 atom stereocenters. The third kappa shape index (κ3) is 4.88. The molecule has 1 aromatic heterocycles. The van der Waals surface area contributed by atoms with E-state index in [0.717, 1.165) is 0 Å². The van der Waals surface area contributed by atoms with E-state index in [9.17, 15) is 9.90 Å². The molecule has 0 aliphatic rings. The lowest BCUT2D eigenvalue weighted by Gasteiger charge is -2.35. The molecule has 1 heterocycles. The summed E-state index contributed by atoms with van der Waals surface area (Å²) in [4.78, 5) is 12.1. The number of hydrogen-bond acceptors (Lipinski definition) is 6. The molecule has 0 unspecified atom stereocenters. The van der Waals surface area contributed by atoms with Crippen LogP contribution in [0.5, 0.6) is 5.75 Å². The molecule has 0 saturated carbocycles. The summed E-state index contributed by atoms with van der Waals surface area (Å²) in [6.45, 7) is 16.5. The Labute approximate surface area is 185 Å². The summed E-state index contributed by atoms with van der Waals surface area (Å²) in [5.41, 5.74) is 5.93. The van der Waals surface area contributed by atoms with Crippen LogP contribution in [0.1, 0.15) is 36.9 Å². The maximum absolute atomic E-state index is 15.7. The number of esters is 1. The first-order chi connectivity index (χ1) is 14.0. The van der Waals surface area contributed by atoms with Crippen LogP contribution in [-0.2, 0) is 15.8 Å². The number of hydrogen-bond donors (Lipinski definition) is 2. The van der Waals surface area contributed by atoms with Gasteiger partial charge < -0.3 is 24.4 Å². The van der Waals surface area contributed by atoms with Gasteiger partial charge in [-0.2, -0.15) is 0 Å².